The van der Waals surface area contributed by atoms with Gasteiger partial charge in [-0.2, -0.15) is 0 Å². The molecule has 3 rings (SSSR count). The molecule has 0 radical (unpaired) electrons. The summed E-state index contributed by atoms with van der Waals surface area (Å²) in [5, 5.41) is 3.21. The van der Waals surface area contributed by atoms with Crippen molar-refractivity contribution in [3.63, 3.8) is 0 Å². The van der Waals surface area contributed by atoms with E-state index in [0.29, 0.717) is 18.2 Å². The summed E-state index contributed by atoms with van der Waals surface area (Å²) in [6, 6.07) is 0. The van der Waals surface area contributed by atoms with Crippen molar-refractivity contribution in [2.24, 2.45) is 0 Å². The third kappa shape index (κ3) is 2.35. The fourth-order valence-corrected chi connectivity index (χ4v) is 1.76. The summed E-state index contributed by atoms with van der Waals surface area (Å²) in [6.07, 6.45) is 5.10. The zero-order valence-electron chi connectivity index (χ0n) is 10.7. The van der Waals surface area contributed by atoms with Gasteiger partial charge in [-0.05, 0) is 13.8 Å². The molecule has 0 fully saturated rings. The van der Waals surface area contributed by atoms with Gasteiger partial charge in [-0.15, -0.1) is 0 Å². The second-order valence-corrected chi connectivity index (χ2v) is 4.22. The molecular weight excluding hydrogens is 242 g/mol. The quantitative estimate of drug-likeness (QED) is 0.734. The summed E-state index contributed by atoms with van der Waals surface area (Å²) in [7, 11) is 0. The zero-order valence-corrected chi connectivity index (χ0v) is 10.7. The van der Waals surface area contributed by atoms with Gasteiger partial charge in [0.1, 0.15) is 11.3 Å². The molecule has 7 nitrogen and oxygen atoms in total. The number of hydrogen-bond donors (Lipinski definition) is 2. The molecule has 2 N–H and O–H groups in total. The van der Waals surface area contributed by atoms with E-state index in [9.17, 15) is 0 Å². The Labute approximate surface area is 109 Å². The summed E-state index contributed by atoms with van der Waals surface area (Å²) in [4.78, 5) is 24.3. The first-order chi connectivity index (χ1) is 9.22. The monoisotopic (exact) mass is 255 g/mol. The summed E-state index contributed by atoms with van der Waals surface area (Å²) in [5.74, 6) is 1.39. The molecule has 7 heteroatoms. The minimum atomic E-state index is 0.547. The summed E-state index contributed by atoms with van der Waals surface area (Å²) in [5.41, 5.74) is 3.21. The summed E-state index contributed by atoms with van der Waals surface area (Å²) >= 11 is 0. The number of imidazole rings is 1. The molecule has 19 heavy (non-hydrogen) atoms. The Kier molecular flexibility index (Phi) is 2.79. The number of nitrogens with zero attached hydrogens (tertiary/aromatic N) is 5. The molecule has 96 valence electrons. The Morgan fingerprint density at radius 3 is 2.79 bits per heavy atom. The topological polar surface area (TPSA) is 92.3 Å². The molecule has 3 heterocycles. The van der Waals surface area contributed by atoms with E-state index < -0.39 is 0 Å². The van der Waals surface area contributed by atoms with Crippen LogP contribution < -0.4 is 5.32 Å². The van der Waals surface area contributed by atoms with E-state index in [0.717, 1.165) is 22.6 Å². The van der Waals surface area contributed by atoms with Gasteiger partial charge in [0.2, 0.25) is 0 Å². The molecule has 0 saturated carbocycles. The van der Waals surface area contributed by atoms with Crippen LogP contribution in [0.2, 0.25) is 0 Å². The lowest BCUT2D eigenvalue weighted by atomic mass is 10.4. The van der Waals surface area contributed by atoms with Crippen molar-refractivity contribution < 1.29 is 0 Å². The van der Waals surface area contributed by atoms with E-state index in [2.05, 4.69) is 35.2 Å². The first-order valence-electron chi connectivity index (χ1n) is 5.91. The number of rotatable bonds is 3. The van der Waals surface area contributed by atoms with Crippen LogP contribution in [0.25, 0.3) is 11.2 Å². The van der Waals surface area contributed by atoms with E-state index >= 15 is 0 Å². The van der Waals surface area contributed by atoms with Crippen LogP contribution in [-0.2, 0) is 6.54 Å². The predicted molar refractivity (Wildman–Crippen MR) is 70.5 cm³/mol. The van der Waals surface area contributed by atoms with Crippen molar-refractivity contribution in [3.05, 3.63) is 35.9 Å². The van der Waals surface area contributed by atoms with Crippen molar-refractivity contribution in [1.29, 1.82) is 0 Å². The highest BCUT2D eigenvalue weighted by Gasteiger charge is 2.08. The van der Waals surface area contributed by atoms with Crippen molar-refractivity contribution in [2.45, 2.75) is 20.4 Å². The Morgan fingerprint density at radius 2 is 2.00 bits per heavy atom. The number of hydrogen-bond acceptors (Lipinski definition) is 6. The van der Waals surface area contributed by atoms with E-state index in [1.54, 1.807) is 18.7 Å². The van der Waals surface area contributed by atoms with Gasteiger partial charge in [0, 0.05) is 6.20 Å². The maximum Gasteiger partial charge on any atom is 0.163 e. The molecule has 0 aromatic carbocycles. The lowest BCUT2D eigenvalue weighted by Crippen LogP contribution is -2.06. The van der Waals surface area contributed by atoms with Crippen LogP contribution in [0.1, 0.15) is 17.2 Å². The fourth-order valence-electron chi connectivity index (χ4n) is 1.76. The Bertz CT molecular complexity index is 702. The number of aryl methyl sites for hydroxylation is 2. The molecule has 0 aliphatic rings. The molecule has 0 atom stereocenters. The molecule has 0 unspecified atom stereocenters. The highest BCUT2D eigenvalue weighted by atomic mass is 15.1. The van der Waals surface area contributed by atoms with E-state index in [1.807, 2.05) is 13.8 Å². The van der Waals surface area contributed by atoms with Crippen molar-refractivity contribution in [1.82, 2.24) is 29.9 Å². The van der Waals surface area contributed by atoms with Crippen LogP contribution in [0.3, 0.4) is 0 Å². The van der Waals surface area contributed by atoms with Crippen molar-refractivity contribution in [2.75, 3.05) is 5.32 Å². The van der Waals surface area contributed by atoms with Crippen LogP contribution in [0.5, 0.6) is 0 Å². The second-order valence-electron chi connectivity index (χ2n) is 4.22. The molecule has 0 saturated heterocycles. The highest BCUT2D eigenvalue weighted by molar-refractivity contribution is 5.82. The first kappa shape index (κ1) is 11.5. The van der Waals surface area contributed by atoms with Crippen LogP contribution >= 0.6 is 0 Å². The smallest absolute Gasteiger partial charge is 0.163 e. The van der Waals surface area contributed by atoms with Crippen molar-refractivity contribution in [3.8, 4) is 0 Å². The number of H-pyrrole nitrogens is 1. The van der Waals surface area contributed by atoms with Gasteiger partial charge in [0.05, 0.1) is 30.5 Å². The SMILES string of the molecule is Cc1cnc(CNc2nc(C)nc3[nH]cnc23)cn1. The first-order valence-corrected chi connectivity index (χ1v) is 5.91. The minimum absolute atomic E-state index is 0.547. The predicted octanol–water partition coefficient (Wildman–Crippen LogP) is 1.37. The average molecular weight is 255 g/mol. The lowest BCUT2D eigenvalue weighted by Gasteiger charge is -2.06. The summed E-state index contributed by atoms with van der Waals surface area (Å²) < 4.78 is 0. The number of fused-ring (bicyclic) bond motifs is 1. The van der Waals surface area contributed by atoms with Crippen molar-refractivity contribution >= 4 is 17.0 Å². The van der Waals surface area contributed by atoms with Crippen LogP contribution in [0.15, 0.2) is 18.7 Å². The van der Waals surface area contributed by atoms with Gasteiger partial charge in [-0.25, -0.2) is 15.0 Å². The van der Waals surface area contributed by atoms with Gasteiger partial charge < -0.3 is 10.3 Å². The van der Waals surface area contributed by atoms with Crippen LogP contribution in [-0.4, -0.2) is 29.9 Å². The molecule has 0 bridgehead atoms. The van der Waals surface area contributed by atoms with Gasteiger partial charge >= 0.3 is 0 Å². The third-order valence-corrected chi connectivity index (χ3v) is 2.66. The van der Waals surface area contributed by atoms with E-state index in [-0.39, 0.29) is 0 Å². The second kappa shape index (κ2) is 4.60. The Balaban J connectivity index is 1.85. The van der Waals surface area contributed by atoms with Crippen LogP contribution in [0.4, 0.5) is 5.82 Å². The van der Waals surface area contributed by atoms with Crippen LogP contribution in [0, 0.1) is 13.8 Å². The zero-order chi connectivity index (χ0) is 13.2. The third-order valence-electron chi connectivity index (χ3n) is 2.66. The number of nitrogens with one attached hydrogen (secondary N) is 2. The standard InChI is InChI=1S/C12H13N7/c1-7-3-14-9(4-13-7)5-15-11-10-12(17-6-16-10)19-8(2)18-11/h3-4,6H,5H2,1-2H3,(H2,15,16,17,18,19). The van der Waals surface area contributed by atoms with E-state index in [4.69, 9.17) is 0 Å². The Hall–Kier alpha value is -2.57. The maximum atomic E-state index is 4.35. The van der Waals surface area contributed by atoms with Gasteiger partial charge in [0.25, 0.3) is 0 Å². The van der Waals surface area contributed by atoms with Gasteiger partial charge in [-0.3, -0.25) is 9.97 Å². The average Bonchev–Trinajstić information content (AvgIpc) is 2.85. The number of aromatic amines is 1. The molecule has 0 spiro atoms. The highest BCUT2D eigenvalue weighted by Crippen LogP contribution is 2.16. The van der Waals surface area contributed by atoms with Gasteiger partial charge in [0.15, 0.2) is 11.5 Å². The minimum Gasteiger partial charge on any atom is -0.362 e. The maximum absolute atomic E-state index is 4.35. The normalized spacial score (nSPS) is 10.8. The largest absolute Gasteiger partial charge is 0.362 e. The molecule has 0 aliphatic heterocycles. The van der Waals surface area contributed by atoms with Gasteiger partial charge in [-0.1, -0.05) is 0 Å². The Morgan fingerprint density at radius 1 is 1.11 bits per heavy atom. The van der Waals surface area contributed by atoms with E-state index in [1.165, 1.54) is 0 Å². The lowest BCUT2D eigenvalue weighted by molar-refractivity contribution is 0.969. The molecule has 3 aromatic rings. The molecule has 3 aromatic heterocycles. The molecular formula is C12H13N7. The summed E-state index contributed by atoms with van der Waals surface area (Å²) in [6.45, 7) is 4.30. The fraction of sp³-hybridized carbons (Fsp3) is 0.250. The number of anilines is 1. The number of aromatic nitrogens is 6. The molecule has 0 amide bonds. The molecule has 0 aliphatic carbocycles.